The minimum absolute atomic E-state index is 0.354. The molecular formula is C7H8N4O. The van der Waals surface area contributed by atoms with Crippen LogP contribution in [0.4, 0.5) is 0 Å². The first-order valence-corrected chi connectivity index (χ1v) is 3.56. The standard InChI is InChI=1S/C7H8N4O/c8-2-5-1-4-3-9-7(12)11-6(4)10-5/h1,3H,2,8H2,(H2,9,10,11,12). The van der Waals surface area contributed by atoms with Crippen molar-refractivity contribution in [3.63, 3.8) is 0 Å². The van der Waals surface area contributed by atoms with Crippen LogP contribution in [-0.2, 0) is 6.54 Å². The van der Waals surface area contributed by atoms with Gasteiger partial charge in [0, 0.05) is 23.8 Å². The number of nitrogens with one attached hydrogen (secondary N) is 2. The van der Waals surface area contributed by atoms with E-state index in [0.29, 0.717) is 12.2 Å². The normalized spacial score (nSPS) is 10.8. The molecule has 2 aromatic heterocycles. The highest BCUT2D eigenvalue weighted by Crippen LogP contribution is 2.08. The van der Waals surface area contributed by atoms with Crippen LogP contribution in [-0.4, -0.2) is 15.0 Å². The molecule has 0 atom stereocenters. The maximum absolute atomic E-state index is 10.8. The molecule has 5 nitrogen and oxygen atoms in total. The molecule has 0 saturated carbocycles. The summed E-state index contributed by atoms with van der Waals surface area (Å²) < 4.78 is 0. The fourth-order valence-electron chi connectivity index (χ4n) is 1.11. The zero-order chi connectivity index (χ0) is 8.55. The van der Waals surface area contributed by atoms with Gasteiger partial charge in [-0.3, -0.25) is 4.98 Å². The van der Waals surface area contributed by atoms with Crippen LogP contribution in [0.3, 0.4) is 0 Å². The van der Waals surface area contributed by atoms with E-state index in [0.717, 1.165) is 11.1 Å². The molecule has 5 heteroatoms. The van der Waals surface area contributed by atoms with Gasteiger partial charge in [-0.05, 0) is 6.07 Å². The zero-order valence-electron chi connectivity index (χ0n) is 6.29. The highest BCUT2D eigenvalue weighted by atomic mass is 16.1. The highest BCUT2D eigenvalue weighted by Gasteiger charge is 1.98. The van der Waals surface area contributed by atoms with Crippen molar-refractivity contribution in [1.29, 1.82) is 0 Å². The summed E-state index contributed by atoms with van der Waals surface area (Å²) in [6, 6.07) is 1.86. The van der Waals surface area contributed by atoms with E-state index in [9.17, 15) is 4.79 Å². The number of aromatic nitrogens is 3. The first-order chi connectivity index (χ1) is 5.79. The number of nitrogens with two attached hydrogens (primary N) is 1. The van der Waals surface area contributed by atoms with Crippen molar-refractivity contribution in [2.75, 3.05) is 0 Å². The largest absolute Gasteiger partial charge is 0.346 e. The third-order valence-electron chi connectivity index (χ3n) is 1.68. The summed E-state index contributed by atoms with van der Waals surface area (Å²) in [5, 5.41) is 0.870. The average Bonchev–Trinajstić information content (AvgIpc) is 2.46. The van der Waals surface area contributed by atoms with Crippen molar-refractivity contribution >= 4 is 11.0 Å². The summed E-state index contributed by atoms with van der Waals surface area (Å²) in [7, 11) is 0. The highest BCUT2D eigenvalue weighted by molar-refractivity contribution is 5.74. The quantitative estimate of drug-likeness (QED) is 0.541. The van der Waals surface area contributed by atoms with Gasteiger partial charge in [0.15, 0.2) is 0 Å². The molecule has 0 fully saturated rings. The molecule has 0 amide bonds. The van der Waals surface area contributed by atoms with Crippen molar-refractivity contribution < 1.29 is 0 Å². The van der Waals surface area contributed by atoms with Gasteiger partial charge in [-0.2, -0.15) is 0 Å². The second-order valence-electron chi connectivity index (χ2n) is 2.52. The van der Waals surface area contributed by atoms with Crippen LogP contribution in [0.1, 0.15) is 5.69 Å². The Hall–Kier alpha value is -1.62. The fraction of sp³-hybridized carbons (Fsp3) is 0.143. The van der Waals surface area contributed by atoms with Crippen molar-refractivity contribution in [2.24, 2.45) is 5.73 Å². The van der Waals surface area contributed by atoms with Crippen LogP contribution in [0.25, 0.3) is 11.0 Å². The van der Waals surface area contributed by atoms with E-state index in [4.69, 9.17) is 5.73 Å². The maximum Gasteiger partial charge on any atom is 0.346 e. The van der Waals surface area contributed by atoms with Gasteiger partial charge < -0.3 is 10.7 Å². The Labute approximate surface area is 67.6 Å². The molecule has 0 aromatic carbocycles. The van der Waals surface area contributed by atoms with Crippen molar-refractivity contribution in [3.05, 3.63) is 28.4 Å². The average molecular weight is 164 g/mol. The molecule has 4 N–H and O–H groups in total. The molecule has 0 saturated heterocycles. The molecule has 2 rings (SSSR count). The topological polar surface area (TPSA) is 87.6 Å². The van der Waals surface area contributed by atoms with E-state index in [2.05, 4.69) is 15.0 Å². The Morgan fingerprint density at radius 2 is 2.33 bits per heavy atom. The van der Waals surface area contributed by atoms with Gasteiger partial charge in [0.1, 0.15) is 5.65 Å². The third kappa shape index (κ3) is 0.998. The van der Waals surface area contributed by atoms with Gasteiger partial charge in [-0.1, -0.05) is 0 Å². The molecule has 0 spiro atoms. The lowest BCUT2D eigenvalue weighted by atomic mass is 10.4. The lowest BCUT2D eigenvalue weighted by Crippen LogP contribution is -2.08. The Kier molecular flexibility index (Phi) is 1.44. The zero-order valence-corrected chi connectivity index (χ0v) is 6.29. The first kappa shape index (κ1) is 7.05. The molecule has 0 bridgehead atoms. The van der Waals surface area contributed by atoms with Crippen molar-refractivity contribution in [2.45, 2.75) is 6.54 Å². The third-order valence-corrected chi connectivity index (χ3v) is 1.68. The second kappa shape index (κ2) is 2.46. The van der Waals surface area contributed by atoms with Gasteiger partial charge in [-0.15, -0.1) is 0 Å². The molecular weight excluding hydrogens is 156 g/mol. The van der Waals surface area contributed by atoms with Gasteiger partial charge in [0.2, 0.25) is 0 Å². The molecule has 0 aliphatic carbocycles. The molecule has 0 aliphatic rings. The van der Waals surface area contributed by atoms with E-state index < -0.39 is 0 Å². The first-order valence-electron chi connectivity index (χ1n) is 3.56. The minimum Gasteiger partial charge on any atom is -0.343 e. The summed E-state index contributed by atoms with van der Waals surface area (Å²) >= 11 is 0. The predicted octanol–water partition coefficient (Wildman–Crippen LogP) is -0.290. The number of fused-ring (bicyclic) bond motifs is 1. The predicted molar refractivity (Wildman–Crippen MR) is 44.6 cm³/mol. The van der Waals surface area contributed by atoms with Crippen LogP contribution < -0.4 is 11.4 Å². The SMILES string of the molecule is NCc1cc2cnc(=O)[nH]c2[nH]1. The summed E-state index contributed by atoms with van der Waals surface area (Å²) in [6.45, 7) is 0.427. The monoisotopic (exact) mass is 164 g/mol. The van der Waals surface area contributed by atoms with E-state index in [1.54, 1.807) is 0 Å². The minimum atomic E-state index is -0.354. The van der Waals surface area contributed by atoms with Gasteiger partial charge >= 0.3 is 5.69 Å². The van der Waals surface area contributed by atoms with Crippen LogP contribution in [0.15, 0.2) is 17.1 Å². The van der Waals surface area contributed by atoms with Gasteiger partial charge in [0.05, 0.1) is 0 Å². The van der Waals surface area contributed by atoms with Crippen LogP contribution in [0.2, 0.25) is 0 Å². The molecule has 2 aromatic rings. The Bertz CT molecular complexity index is 456. The van der Waals surface area contributed by atoms with Crippen LogP contribution in [0.5, 0.6) is 0 Å². The van der Waals surface area contributed by atoms with E-state index in [-0.39, 0.29) is 5.69 Å². The molecule has 2 heterocycles. The summed E-state index contributed by atoms with van der Waals surface area (Å²) in [6.07, 6.45) is 1.52. The lowest BCUT2D eigenvalue weighted by Gasteiger charge is -1.85. The molecule has 0 aliphatic heterocycles. The van der Waals surface area contributed by atoms with Crippen LogP contribution >= 0.6 is 0 Å². The summed E-state index contributed by atoms with van der Waals surface area (Å²) in [5.74, 6) is 0. The summed E-state index contributed by atoms with van der Waals surface area (Å²) in [4.78, 5) is 19.9. The van der Waals surface area contributed by atoms with Gasteiger partial charge in [0.25, 0.3) is 0 Å². The molecule has 12 heavy (non-hydrogen) atoms. The molecule has 0 radical (unpaired) electrons. The fourth-order valence-corrected chi connectivity index (χ4v) is 1.11. The Morgan fingerprint density at radius 3 is 3.08 bits per heavy atom. The number of aromatic amines is 2. The summed E-state index contributed by atoms with van der Waals surface area (Å²) in [5.41, 5.74) is 6.61. The Morgan fingerprint density at radius 1 is 1.50 bits per heavy atom. The van der Waals surface area contributed by atoms with Gasteiger partial charge in [-0.25, -0.2) is 9.78 Å². The smallest absolute Gasteiger partial charge is 0.343 e. The van der Waals surface area contributed by atoms with Crippen molar-refractivity contribution in [3.8, 4) is 0 Å². The maximum atomic E-state index is 10.8. The van der Waals surface area contributed by atoms with Crippen LogP contribution in [0, 0.1) is 0 Å². The van der Waals surface area contributed by atoms with E-state index in [1.165, 1.54) is 6.20 Å². The molecule has 0 unspecified atom stereocenters. The number of hydrogen-bond donors (Lipinski definition) is 3. The van der Waals surface area contributed by atoms with E-state index in [1.807, 2.05) is 6.07 Å². The number of rotatable bonds is 1. The van der Waals surface area contributed by atoms with Crippen molar-refractivity contribution in [1.82, 2.24) is 15.0 Å². The van der Waals surface area contributed by atoms with E-state index >= 15 is 0 Å². The number of hydrogen-bond acceptors (Lipinski definition) is 3. The number of H-pyrrole nitrogens is 2. The lowest BCUT2D eigenvalue weighted by molar-refractivity contribution is 1.01. The Balaban J connectivity index is 2.75. The number of nitrogens with zero attached hydrogens (tertiary/aromatic N) is 1. The molecule has 62 valence electrons. The second-order valence-corrected chi connectivity index (χ2v) is 2.52.